The van der Waals surface area contributed by atoms with Crippen molar-refractivity contribution in [1.29, 1.82) is 5.26 Å². The van der Waals surface area contributed by atoms with Crippen molar-refractivity contribution in [3.05, 3.63) is 75.7 Å². The summed E-state index contributed by atoms with van der Waals surface area (Å²) in [4.78, 5) is 40.4. The Bertz CT molecular complexity index is 1340. The van der Waals surface area contributed by atoms with Crippen LogP contribution in [0.15, 0.2) is 53.4 Å². The van der Waals surface area contributed by atoms with E-state index in [1.165, 1.54) is 30.0 Å². The first-order chi connectivity index (χ1) is 16.8. The van der Waals surface area contributed by atoms with E-state index in [1.54, 1.807) is 17.0 Å². The summed E-state index contributed by atoms with van der Waals surface area (Å²) in [5.41, 5.74) is 3.66. The molecule has 2 heterocycles. The van der Waals surface area contributed by atoms with Gasteiger partial charge in [-0.05, 0) is 49.2 Å². The molecule has 2 aromatic carbocycles. The monoisotopic (exact) mass is 504 g/mol. The van der Waals surface area contributed by atoms with Crippen molar-refractivity contribution in [2.45, 2.75) is 31.7 Å². The van der Waals surface area contributed by atoms with Gasteiger partial charge in [0.15, 0.2) is 0 Å². The first kappa shape index (κ1) is 24.5. The molecule has 0 radical (unpaired) electrons. The summed E-state index contributed by atoms with van der Waals surface area (Å²) in [6.45, 7) is 4.51. The lowest BCUT2D eigenvalue weighted by molar-refractivity contribution is -0.129. The summed E-state index contributed by atoms with van der Waals surface area (Å²) in [6.07, 6.45) is 0.611. The second kappa shape index (κ2) is 10.8. The van der Waals surface area contributed by atoms with Crippen molar-refractivity contribution in [3.8, 4) is 6.07 Å². The maximum absolute atomic E-state index is 12.6. The Morgan fingerprint density at radius 3 is 2.69 bits per heavy atom. The van der Waals surface area contributed by atoms with Crippen molar-refractivity contribution < 1.29 is 14.4 Å². The number of hydrogen-bond donors (Lipinski definition) is 2. The van der Waals surface area contributed by atoms with Crippen LogP contribution in [0, 0.1) is 18.3 Å². The Morgan fingerprint density at radius 2 is 1.94 bits per heavy atom. The molecule has 0 unspecified atom stereocenters. The van der Waals surface area contributed by atoms with Gasteiger partial charge < -0.3 is 15.5 Å². The average Bonchev–Trinajstić information content (AvgIpc) is 3.19. The molecule has 0 fully saturated rings. The van der Waals surface area contributed by atoms with Crippen LogP contribution in [0.4, 0.5) is 10.7 Å². The largest absolute Gasteiger partial charge is 0.337 e. The van der Waals surface area contributed by atoms with Gasteiger partial charge in [-0.3, -0.25) is 14.4 Å². The molecule has 1 aromatic heterocycles. The van der Waals surface area contributed by atoms with Gasteiger partial charge in [0.2, 0.25) is 11.8 Å². The second-order valence-corrected chi connectivity index (χ2v) is 10.4. The van der Waals surface area contributed by atoms with E-state index in [4.69, 9.17) is 0 Å². The highest BCUT2D eigenvalue weighted by Gasteiger charge is 2.26. The minimum Gasteiger partial charge on any atom is -0.337 e. The molecule has 1 aliphatic rings. The van der Waals surface area contributed by atoms with Gasteiger partial charge in [-0.1, -0.05) is 23.8 Å². The van der Waals surface area contributed by atoms with E-state index in [9.17, 15) is 19.6 Å². The van der Waals surface area contributed by atoms with Gasteiger partial charge in [0, 0.05) is 34.5 Å². The number of thioether (sulfide) groups is 1. The van der Waals surface area contributed by atoms with Crippen LogP contribution < -0.4 is 10.6 Å². The van der Waals surface area contributed by atoms with Crippen LogP contribution in [0.2, 0.25) is 0 Å². The second-order valence-electron chi connectivity index (χ2n) is 8.20. The molecular formula is C26H24N4O3S2. The van der Waals surface area contributed by atoms with Gasteiger partial charge in [-0.25, -0.2) is 0 Å². The number of benzene rings is 2. The minimum atomic E-state index is -0.220. The van der Waals surface area contributed by atoms with E-state index in [-0.39, 0.29) is 23.5 Å². The first-order valence-corrected chi connectivity index (χ1v) is 12.8. The molecule has 0 aliphatic carbocycles. The number of aryl methyl sites for hydroxylation is 1. The maximum atomic E-state index is 12.6. The summed E-state index contributed by atoms with van der Waals surface area (Å²) in [5.74, 6) is -0.255. The van der Waals surface area contributed by atoms with Crippen LogP contribution in [0.1, 0.15) is 38.8 Å². The van der Waals surface area contributed by atoms with E-state index < -0.39 is 0 Å². The highest BCUT2D eigenvalue weighted by atomic mass is 32.2. The molecule has 9 heteroatoms. The van der Waals surface area contributed by atoms with Gasteiger partial charge in [0.1, 0.15) is 11.1 Å². The fourth-order valence-electron chi connectivity index (χ4n) is 3.84. The Morgan fingerprint density at radius 1 is 1.14 bits per heavy atom. The zero-order valence-corrected chi connectivity index (χ0v) is 21.0. The highest BCUT2D eigenvalue weighted by molar-refractivity contribution is 8.00. The number of carbonyl (C=O) groups excluding carboxylic acids is 3. The van der Waals surface area contributed by atoms with Crippen LogP contribution in [0.3, 0.4) is 0 Å². The number of nitrogens with zero attached hydrogens (tertiary/aromatic N) is 2. The highest BCUT2D eigenvalue weighted by Crippen LogP contribution is 2.37. The molecule has 7 nitrogen and oxygen atoms in total. The number of amides is 3. The SMILES string of the molecule is CC(=O)N1CCc2c(sc(NC(=O)CSc3cccc(NC(=O)c4cccc(C)c4)c3)c2C#N)C1. The molecule has 178 valence electrons. The summed E-state index contributed by atoms with van der Waals surface area (Å²) in [6, 6.07) is 16.9. The van der Waals surface area contributed by atoms with Crippen molar-refractivity contribution in [3.63, 3.8) is 0 Å². The fourth-order valence-corrected chi connectivity index (χ4v) is 5.83. The third-order valence-corrected chi connectivity index (χ3v) is 7.74. The van der Waals surface area contributed by atoms with E-state index in [0.29, 0.717) is 41.3 Å². The Balaban J connectivity index is 1.37. The molecule has 0 saturated heterocycles. The predicted molar refractivity (Wildman–Crippen MR) is 139 cm³/mol. The Kier molecular flexibility index (Phi) is 7.54. The van der Waals surface area contributed by atoms with Gasteiger partial charge >= 0.3 is 0 Å². The number of carbonyl (C=O) groups is 3. The summed E-state index contributed by atoms with van der Waals surface area (Å²) in [7, 11) is 0. The lowest BCUT2D eigenvalue weighted by Gasteiger charge is -2.25. The van der Waals surface area contributed by atoms with Gasteiger partial charge in [0.25, 0.3) is 5.91 Å². The number of rotatable bonds is 6. The number of nitriles is 1. The summed E-state index contributed by atoms with van der Waals surface area (Å²) >= 11 is 2.71. The smallest absolute Gasteiger partial charge is 0.255 e. The average molecular weight is 505 g/mol. The fraction of sp³-hybridized carbons (Fsp3) is 0.231. The van der Waals surface area contributed by atoms with Crippen LogP contribution in [0.25, 0.3) is 0 Å². The topological polar surface area (TPSA) is 102 Å². The van der Waals surface area contributed by atoms with Gasteiger partial charge in [0.05, 0.1) is 17.9 Å². The molecule has 4 rings (SSSR count). The summed E-state index contributed by atoms with van der Waals surface area (Å²) in [5, 5.41) is 15.9. The number of anilines is 2. The Labute approximate surface area is 212 Å². The normalized spacial score (nSPS) is 12.4. The van der Waals surface area contributed by atoms with E-state index in [2.05, 4.69) is 16.7 Å². The van der Waals surface area contributed by atoms with Crippen LogP contribution in [0.5, 0.6) is 0 Å². The Hall–Kier alpha value is -3.61. The molecule has 35 heavy (non-hydrogen) atoms. The van der Waals surface area contributed by atoms with Gasteiger partial charge in [-0.15, -0.1) is 23.1 Å². The molecular weight excluding hydrogens is 480 g/mol. The number of hydrogen-bond acceptors (Lipinski definition) is 6. The van der Waals surface area contributed by atoms with Crippen LogP contribution in [-0.4, -0.2) is 34.9 Å². The number of nitrogens with one attached hydrogen (secondary N) is 2. The van der Waals surface area contributed by atoms with Crippen molar-refractivity contribution >= 4 is 51.5 Å². The molecule has 3 aromatic rings. The molecule has 0 saturated carbocycles. The molecule has 0 bridgehead atoms. The molecule has 3 amide bonds. The van der Waals surface area contributed by atoms with E-state index in [0.717, 1.165) is 20.9 Å². The van der Waals surface area contributed by atoms with Gasteiger partial charge in [-0.2, -0.15) is 5.26 Å². The van der Waals surface area contributed by atoms with Crippen LogP contribution in [-0.2, 0) is 22.6 Å². The lowest BCUT2D eigenvalue weighted by atomic mass is 10.0. The predicted octanol–water partition coefficient (Wildman–Crippen LogP) is 4.82. The zero-order valence-electron chi connectivity index (χ0n) is 19.4. The first-order valence-electron chi connectivity index (χ1n) is 11.0. The third-order valence-electron chi connectivity index (χ3n) is 5.61. The van der Waals surface area contributed by atoms with Crippen molar-refractivity contribution in [2.75, 3.05) is 22.9 Å². The molecule has 0 spiro atoms. The van der Waals surface area contributed by atoms with E-state index in [1.807, 2.05) is 43.3 Å². The zero-order chi connectivity index (χ0) is 24.9. The van der Waals surface area contributed by atoms with Crippen molar-refractivity contribution in [2.24, 2.45) is 0 Å². The quantitative estimate of drug-likeness (QED) is 0.469. The number of fused-ring (bicyclic) bond motifs is 1. The lowest BCUT2D eigenvalue weighted by Crippen LogP contribution is -2.33. The molecule has 2 N–H and O–H groups in total. The minimum absolute atomic E-state index is 0.00171. The molecule has 1 aliphatic heterocycles. The maximum Gasteiger partial charge on any atom is 0.255 e. The van der Waals surface area contributed by atoms with Crippen molar-refractivity contribution in [1.82, 2.24) is 4.90 Å². The standard InChI is InChI=1S/C26H24N4O3S2/c1-16-5-3-6-18(11-16)25(33)28-19-7-4-8-20(12-19)34-15-24(32)29-26-22(13-27)21-9-10-30(17(2)31)14-23(21)35-26/h3-8,11-12H,9-10,14-15H2,1-2H3,(H,28,33)(H,29,32). The third kappa shape index (κ3) is 5.91. The number of thiophene rings is 1. The van der Waals surface area contributed by atoms with Crippen LogP contribution >= 0.6 is 23.1 Å². The summed E-state index contributed by atoms with van der Waals surface area (Å²) < 4.78 is 0. The van der Waals surface area contributed by atoms with E-state index >= 15 is 0 Å². The molecule has 0 atom stereocenters.